The molecule has 2 aliphatic heterocycles. The van der Waals surface area contributed by atoms with E-state index >= 15 is 0 Å². The number of methoxy groups -OCH3 is 1. The second kappa shape index (κ2) is 12.7. The van der Waals surface area contributed by atoms with Crippen LogP contribution in [0, 0.1) is 12.0 Å². The van der Waals surface area contributed by atoms with Crippen LogP contribution in [0.15, 0.2) is 54.0 Å². The molecule has 0 aliphatic carbocycles. The zero-order chi connectivity index (χ0) is 22.3. The Balaban J connectivity index is 0.00000156. The fourth-order valence-corrected chi connectivity index (χ4v) is 3.85. The topological polar surface area (TPSA) is 42.0 Å². The monoisotopic (exact) mass is 467 g/mol. The maximum absolute atomic E-state index is 13.3. The van der Waals surface area contributed by atoms with Gasteiger partial charge in [-0.3, -0.25) is 9.69 Å². The Morgan fingerprint density at radius 2 is 2.03 bits per heavy atom. The normalized spacial score (nSPS) is 20.3. The number of nitrogens with zero attached hydrogens (tertiary/aromatic N) is 2. The van der Waals surface area contributed by atoms with Crippen LogP contribution in [-0.2, 0) is 26.5 Å². The molecular weight excluding hydrogens is 432 g/mol. The van der Waals surface area contributed by atoms with Gasteiger partial charge in [0.15, 0.2) is 0 Å². The van der Waals surface area contributed by atoms with Crippen LogP contribution in [-0.4, -0.2) is 43.8 Å². The summed E-state index contributed by atoms with van der Waals surface area (Å²) in [5, 5.41) is 0. The van der Waals surface area contributed by atoms with E-state index in [1.165, 1.54) is 0 Å². The summed E-state index contributed by atoms with van der Waals surface area (Å²) in [7, 11) is 1.59. The Hall–Kier alpha value is -2.01. The van der Waals surface area contributed by atoms with Crippen LogP contribution in [0.25, 0.3) is 0 Å². The van der Waals surface area contributed by atoms with E-state index in [0.29, 0.717) is 30.0 Å². The zero-order valence-electron chi connectivity index (χ0n) is 19.5. The van der Waals surface area contributed by atoms with Crippen molar-refractivity contribution in [3.05, 3.63) is 65.6 Å². The third kappa shape index (κ3) is 6.25. The molecule has 3 rings (SSSR count). The van der Waals surface area contributed by atoms with Crippen molar-refractivity contribution in [3.8, 4) is 0 Å². The van der Waals surface area contributed by atoms with Crippen LogP contribution in [0.3, 0.4) is 0 Å². The van der Waals surface area contributed by atoms with Crippen molar-refractivity contribution in [2.24, 2.45) is 5.92 Å². The van der Waals surface area contributed by atoms with Gasteiger partial charge in [0, 0.05) is 35.4 Å². The molecule has 1 aromatic carbocycles. The summed E-state index contributed by atoms with van der Waals surface area (Å²) in [6.45, 7) is 16.1. The third-order valence-electron chi connectivity index (χ3n) is 5.41. The average Bonchev–Trinajstić information content (AvgIpc) is 2.77. The number of fused-ring (bicyclic) bond motifs is 1. The van der Waals surface area contributed by atoms with Gasteiger partial charge in [-0.15, -0.1) is 0 Å². The Morgan fingerprint density at radius 1 is 1.32 bits per heavy atom. The molecule has 2 heterocycles. The number of carbonyl (C=O) groups is 1. The molecule has 0 radical (unpaired) electrons. The van der Waals surface area contributed by atoms with Crippen molar-refractivity contribution in [2.75, 3.05) is 31.9 Å². The standard InChI is InChI=1S/C23H29N2O3.C2H6.Fe/c1-16(2)20(11-10-18(4)27-5)25-15-24(21-12-13-28-14-17(21)3)22-9-7-6-8-19(22)23(25)26;1-2;/h6,8-11,17,21H,4,12-15H2,1-3,5H3;1-2H3;/q-1;;/b11-10-;;. The van der Waals surface area contributed by atoms with E-state index in [0.717, 1.165) is 36.6 Å². The Labute approximate surface area is 198 Å². The summed E-state index contributed by atoms with van der Waals surface area (Å²) in [6.07, 6.45) is 4.65. The molecule has 0 saturated carbocycles. The molecule has 6 heteroatoms. The smallest absolute Gasteiger partial charge is 0.237 e. The van der Waals surface area contributed by atoms with Crippen LogP contribution in [0.4, 0.5) is 5.69 Å². The molecule has 31 heavy (non-hydrogen) atoms. The van der Waals surface area contributed by atoms with Crippen molar-refractivity contribution in [1.29, 1.82) is 0 Å². The first-order chi connectivity index (χ1) is 14.4. The van der Waals surface area contributed by atoms with E-state index in [1.54, 1.807) is 19.3 Å². The number of carbonyl (C=O) groups excluding carboxylic acids is 1. The van der Waals surface area contributed by atoms with E-state index in [-0.39, 0.29) is 23.0 Å². The minimum atomic E-state index is 0. The average molecular weight is 467 g/mol. The summed E-state index contributed by atoms with van der Waals surface area (Å²) in [5.74, 6) is 0.938. The maximum atomic E-state index is 13.3. The third-order valence-corrected chi connectivity index (χ3v) is 5.41. The van der Waals surface area contributed by atoms with Crippen LogP contribution < -0.4 is 4.90 Å². The second-order valence-electron chi connectivity index (χ2n) is 7.58. The molecule has 0 bridgehead atoms. The number of hydrogen-bond acceptors (Lipinski definition) is 4. The predicted molar refractivity (Wildman–Crippen MR) is 122 cm³/mol. The number of benzene rings is 1. The Morgan fingerprint density at radius 3 is 2.65 bits per heavy atom. The summed E-state index contributed by atoms with van der Waals surface area (Å²) in [5.41, 5.74) is 3.59. The van der Waals surface area contributed by atoms with Gasteiger partial charge in [-0.05, 0) is 43.9 Å². The SMILES string of the molecule is C=C(/C=C\C(=C(C)C)N1CN(C2CCOCC2C)c2c[c-]ccc2C1=O)OC.CC.[Fe]. The van der Waals surface area contributed by atoms with Gasteiger partial charge in [0.1, 0.15) is 5.76 Å². The molecule has 1 fully saturated rings. The quantitative estimate of drug-likeness (QED) is 0.260. The van der Waals surface area contributed by atoms with Crippen LogP contribution in [0.2, 0.25) is 0 Å². The molecule has 0 aromatic heterocycles. The fourth-order valence-electron chi connectivity index (χ4n) is 3.85. The van der Waals surface area contributed by atoms with Gasteiger partial charge in [-0.25, -0.2) is 0 Å². The van der Waals surface area contributed by atoms with Gasteiger partial charge in [0.25, 0.3) is 0 Å². The summed E-state index contributed by atoms with van der Waals surface area (Å²) >= 11 is 0. The number of amides is 1. The molecular formula is C25H35FeN2O3-. The van der Waals surface area contributed by atoms with Gasteiger partial charge >= 0.3 is 0 Å². The van der Waals surface area contributed by atoms with Crippen molar-refractivity contribution in [2.45, 2.75) is 47.1 Å². The summed E-state index contributed by atoms with van der Waals surface area (Å²) in [6, 6.07) is 9.05. The Bertz CT molecular complexity index is 815. The first kappa shape index (κ1) is 27.0. The number of rotatable bonds is 5. The fraction of sp³-hybridized carbons (Fsp3) is 0.480. The van der Waals surface area contributed by atoms with Gasteiger partial charge in [0.2, 0.25) is 5.91 Å². The van der Waals surface area contributed by atoms with Gasteiger partial charge in [0.05, 0.1) is 20.4 Å². The molecule has 1 amide bonds. The minimum absolute atomic E-state index is 0. The molecule has 2 unspecified atom stereocenters. The maximum Gasteiger partial charge on any atom is 0.237 e. The molecule has 5 nitrogen and oxygen atoms in total. The predicted octanol–water partition coefficient (Wildman–Crippen LogP) is 5.17. The number of hydrogen-bond donors (Lipinski definition) is 0. The van der Waals surface area contributed by atoms with Crippen LogP contribution in [0.5, 0.6) is 0 Å². The first-order valence-corrected chi connectivity index (χ1v) is 10.7. The first-order valence-electron chi connectivity index (χ1n) is 10.7. The number of allylic oxidation sites excluding steroid dienone is 3. The number of anilines is 1. The van der Waals surface area contributed by atoms with Crippen molar-refractivity contribution in [1.82, 2.24) is 4.90 Å². The molecule has 1 saturated heterocycles. The van der Waals surface area contributed by atoms with E-state index in [1.807, 2.05) is 50.8 Å². The van der Waals surface area contributed by atoms with E-state index < -0.39 is 0 Å². The van der Waals surface area contributed by atoms with Crippen molar-refractivity contribution < 1.29 is 31.3 Å². The van der Waals surface area contributed by atoms with E-state index in [4.69, 9.17) is 9.47 Å². The Kier molecular flexibility index (Phi) is 11.1. The molecule has 1 aromatic rings. The van der Waals surface area contributed by atoms with Gasteiger partial charge < -0.3 is 14.4 Å². The largest absolute Gasteiger partial charge is 0.497 e. The van der Waals surface area contributed by atoms with Crippen LogP contribution >= 0.6 is 0 Å². The van der Waals surface area contributed by atoms with Gasteiger partial charge in [-0.1, -0.05) is 38.6 Å². The van der Waals surface area contributed by atoms with E-state index in [2.05, 4.69) is 24.5 Å². The summed E-state index contributed by atoms with van der Waals surface area (Å²) < 4.78 is 10.8. The molecule has 2 atom stereocenters. The van der Waals surface area contributed by atoms with Crippen molar-refractivity contribution in [3.63, 3.8) is 0 Å². The molecule has 0 spiro atoms. The number of ether oxygens (including phenoxy) is 2. The minimum Gasteiger partial charge on any atom is -0.497 e. The molecule has 172 valence electrons. The summed E-state index contributed by atoms with van der Waals surface area (Å²) in [4.78, 5) is 17.5. The molecule has 0 N–H and O–H groups in total. The van der Waals surface area contributed by atoms with Gasteiger partial charge in [-0.2, -0.15) is 24.3 Å². The molecule has 2 aliphatic rings. The zero-order valence-corrected chi connectivity index (χ0v) is 20.7. The second-order valence-corrected chi connectivity index (χ2v) is 7.58. The van der Waals surface area contributed by atoms with Crippen LogP contribution in [0.1, 0.15) is 51.4 Å². The van der Waals surface area contributed by atoms with E-state index in [9.17, 15) is 4.79 Å². The van der Waals surface area contributed by atoms with Crippen molar-refractivity contribution >= 4 is 11.6 Å².